The monoisotopic (exact) mass is 340 g/mol. The summed E-state index contributed by atoms with van der Waals surface area (Å²) in [6, 6.07) is 9.82. The number of ether oxygens (including phenoxy) is 1. The molecule has 1 fully saturated rings. The van der Waals surface area contributed by atoms with Gasteiger partial charge in [-0.15, -0.1) is 0 Å². The lowest BCUT2D eigenvalue weighted by atomic mass is 10.2. The second kappa shape index (κ2) is 8.58. The zero-order valence-corrected chi connectivity index (χ0v) is 14.5. The van der Waals surface area contributed by atoms with Gasteiger partial charge in [-0.1, -0.05) is 12.1 Å². The fraction of sp³-hybridized carbons (Fsp3) is 0.421. The molecule has 0 saturated carbocycles. The van der Waals surface area contributed by atoms with E-state index in [0.29, 0.717) is 13.2 Å². The SMILES string of the molecule is CN(CCc1ccccn1)c1ncccc1CNC(=O)[C@H]1CCCO1. The fourth-order valence-electron chi connectivity index (χ4n) is 2.93. The van der Waals surface area contributed by atoms with Crippen LogP contribution in [0.4, 0.5) is 5.82 Å². The van der Waals surface area contributed by atoms with Crippen LogP contribution in [0.5, 0.6) is 0 Å². The van der Waals surface area contributed by atoms with Crippen molar-refractivity contribution in [3.63, 3.8) is 0 Å². The maximum Gasteiger partial charge on any atom is 0.249 e. The zero-order valence-electron chi connectivity index (χ0n) is 14.5. The quantitative estimate of drug-likeness (QED) is 0.834. The third kappa shape index (κ3) is 4.76. The van der Waals surface area contributed by atoms with Gasteiger partial charge in [-0.25, -0.2) is 4.98 Å². The Morgan fingerprint density at radius 1 is 1.28 bits per heavy atom. The highest BCUT2D eigenvalue weighted by Gasteiger charge is 2.23. The summed E-state index contributed by atoms with van der Waals surface area (Å²) in [4.78, 5) is 23.1. The number of nitrogens with one attached hydrogen (secondary N) is 1. The first-order valence-electron chi connectivity index (χ1n) is 8.68. The van der Waals surface area contributed by atoms with Gasteiger partial charge in [0, 0.05) is 56.8 Å². The molecule has 25 heavy (non-hydrogen) atoms. The molecular weight excluding hydrogens is 316 g/mol. The van der Waals surface area contributed by atoms with Gasteiger partial charge in [-0.05, 0) is 31.0 Å². The molecule has 2 aromatic heterocycles. The molecule has 0 bridgehead atoms. The summed E-state index contributed by atoms with van der Waals surface area (Å²) in [5.74, 6) is 0.842. The van der Waals surface area contributed by atoms with Crippen LogP contribution in [-0.2, 0) is 22.5 Å². The van der Waals surface area contributed by atoms with E-state index in [1.807, 2.05) is 43.6 Å². The minimum absolute atomic E-state index is 0.0385. The Kier molecular flexibility index (Phi) is 5.95. The first kappa shape index (κ1) is 17.4. The van der Waals surface area contributed by atoms with Gasteiger partial charge in [-0.2, -0.15) is 0 Å². The smallest absolute Gasteiger partial charge is 0.249 e. The summed E-state index contributed by atoms with van der Waals surface area (Å²) in [6.07, 6.45) is 5.87. The summed E-state index contributed by atoms with van der Waals surface area (Å²) in [7, 11) is 2.01. The Hall–Kier alpha value is -2.47. The lowest BCUT2D eigenvalue weighted by Crippen LogP contribution is -2.34. The molecule has 6 heteroatoms. The summed E-state index contributed by atoms with van der Waals surface area (Å²) >= 11 is 0. The molecule has 1 atom stereocenters. The number of hydrogen-bond donors (Lipinski definition) is 1. The highest BCUT2D eigenvalue weighted by atomic mass is 16.5. The predicted molar refractivity (Wildman–Crippen MR) is 96.3 cm³/mol. The van der Waals surface area contributed by atoms with E-state index in [2.05, 4.69) is 20.2 Å². The molecule has 132 valence electrons. The Balaban J connectivity index is 1.58. The number of anilines is 1. The number of hydrogen-bond acceptors (Lipinski definition) is 5. The lowest BCUT2D eigenvalue weighted by Gasteiger charge is -2.21. The highest BCUT2D eigenvalue weighted by Crippen LogP contribution is 2.17. The molecule has 1 aliphatic heterocycles. The van der Waals surface area contributed by atoms with Gasteiger partial charge in [0.1, 0.15) is 11.9 Å². The van der Waals surface area contributed by atoms with Gasteiger partial charge in [0.15, 0.2) is 0 Å². The van der Waals surface area contributed by atoms with E-state index < -0.39 is 0 Å². The number of carbonyl (C=O) groups excluding carboxylic acids is 1. The van der Waals surface area contributed by atoms with Gasteiger partial charge in [-0.3, -0.25) is 9.78 Å². The zero-order chi connectivity index (χ0) is 17.5. The number of amides is 1. The van der Waals surface area contributed by atoms with Crippen LogP contribution in [0.2, 0.25) is 0 Å². The first-order chi connectivity index (χ1) is 12.2. The number of likely N-dealkylation sites (N-methyl/N-ethyl adjacent to an activating group) is 1. The first-order valence-corrected chi connectivity index (χ1v) is 8.68. The summed E-state index contributed by atoms with van der Waals surface area (Å²) in [6.45, 7) is 1.93. The molecule has 3 rings (SSSR count). The fourth-order valence-corrected chi connectivity index (χ4v) is 2.93. The van der Waals surface area contributed by atoms with Gasteiger partial charge >= 0.3 is 0 Å². The van der Waals surface area contributed by atoms with E-state index in [4.69, 9.17) is 4.74 Å². The van der Waals surface area contributed by atoms with Crippen molar-refractivity contribution in [1.82, 2.24) is 15.3 Å². The summed E-state index contributed by atoms with van der Waals surface area (Å²) in [5.41, 5.74) is 2.05. The average Bonchev–Trinajstić information content (AvgIpc) is 3.20. The van der Waals surface area contributed by atoms with Crippen molar-refractivity contribution in [3.8, 4) is 0 Å². The topological polar surface area (TPSA) is 67.4 Å². The van der Waals surface area contributed by atoms with Crippen LogP contribution in [-0.4, -0.2) is 42.2 Å². The predicted octanol–water partition coefficient (Wildman–Crippen LogP) is 1.95. The number of carbonyl (C=O) groups is 1. The molecule has 1 aliphatic rings. The Labute approximate surface area is 148 Å². The second-order valence-electron chi connectivity index (χ2n) is 6.20. The maximum absolute atomic E-state index is 12.1. The molecule has 6 nitrogen and oxygen atoms in total. The van der Waals surface area contributed by atoms with Crippen LogP contribution in [0, 0.1) is 0 Å². The molecule has 0 aromatic carbocycles. The lowest BCUT2D eigenvalue weighted by molar-refractivity contribution is -0.130. The van der Waals surface area contributed by atoms with Crippen LogP contribution < -0.4 is 10.2 Å². The van der Waals surface area contributed by atoms with E-state index >= 15 is 0 Å². The molecule has 2 aromatic rings. The van der Waals surface area contributed by atoms with E-state index in [0.717, 1.165) is 42.9 Å². The minimum Gasteiger partial charge on any atom is -0.368 e. The molecule has 1 amide bonds. The van der Waals surface area contributed by atoms with Crippen LogP contribution in [0.1, 0.15) is 24.1 Å². The maximum atomic E-state index is 12.1. The molecule has 0 radical (unpaired) electrons. The van der Waals surface area contributed by atoms with Crippen LogP contribution >= 0.6 is 0 Å². The number of pyridine rings is 2. The number of aromatic nitrogens is 2. The van der Waals surface area contributed by atoms with Gasteiger partial charge in [0.25, 0.3) is 0 Å². The van der Waals surface area contributed by atoms with Crippen molar-refractivity contribution >= 4 is 11.7 Å². The van der Waals surface area contributed by atoms with Gasteiger partial charge in [0.2, 0.25) is 5.91 Å². The van der Waals surface area contributed by atoms with Crippen molar-refractivity contribution in [2.75, 3.05) is 25.1 Å². The van der Waals surface area contributed by atoms with Crippen molar-refractivity contribution in [3.05, 3.63) is 54.0 Å². The third-order valence-electron chi connectivity index (χ3n) is 4.33. The third-order valence-corrected chi connectivity index (χ3v) is 4.33. The summed E-state index contributed by atoms with van der Waals surface area (Å²) in [5, 5.41) is 2.97. The van der Waals surface area contributed by atoms with Gasteiger partial charge < -0.3 is 15.0 Å². The number of rotatable bonds is 7. The van der Waals surface area contributed by atoms with Crippen molar-refractivity contribution in [2.24, 2.45) is 0 Å². The second-order valence-corrected chi connectivity index (χ2v) is 6.20. The van der Waals surface area contributed by atoms with Crippen LogP contribution in [0.15, 0.2) is 42.7 Å². The van der Waals surface area contributed by atoms with Crippen LogP contribution in [0.25, 0.3) is 0 Å². The highest BCUT2D eigenvalue weighted by molar-refractivity contribution is 5.81. The molecule has 0 aliphatic carbocycles. The number of nitrogens with zero attached hydrogens (tertiary/aromatic N) is 3. The minimum atomic E-state index is -0.304. The van der Waals surface area contributed by atoms with Crippen molar-refractivity contribution in [1.29, 1.82) is 0 Å². The van der Waals surface area contributed by atoms with E-state index in [1.165, 1.54) is 0 Å². The largest absolute Gasteiger partial charge is 0.368 e. The van der Waals surface area contributed by atoms with E-state index in [-0.39, 0.29) is 12.0 Å². The molecule has 0 unspecified atom stereocenters. The van der Waals surface area contributed by atoms with Crippen molar-refractivity contribution < 1.29 is 9.53 Å². The van der Waals surface area contributed by atoms with Crippen molar-refractivity contribution in [2.45, 2.75) is 31.9 Å². The molecule has 3 heterocycles. The van der Waals surface area contributed by atoms with E-state index in [9.17, 15) is 4.79 Å². The van der Waals surface area contributed by atoms with Crippen LogP contribution in [0.3, 0.4) is 0 Å². The Morgan fingerprint density at radius 3 is 2.92 bits per heavy atom. The molecule has 0 spiro atoms. The normalized spacial score (nSPS) is 16.6. The Bertz CT molecular complexity index is 687. The average molecular weight is 340 g/mol. The molecule has 1 N–H and O–H groups in total. The summed E-state index contributed by atoms with van der Waals surface area (Å²) < 4.78 is 5.42. The molecule has 1 saturated heterocycles. The molecular formula is C19H24N4O2. The van der Waals surface area contributed by atoms with Gasteiger partial charge in [0.05, 0.1) is 0 Å². The standard InChI is InChI=1S/C19H24N4O2/c1-23(12-9-16-7-2-3-10-20-16)18-15(6-4-11-21-18)14-22-19(24)17-8-5-13-25-17/h2-4,6-7,10-11,17H,5,8-9,12-14H2,1H3,(H,22,24)/t17-/m1/s1. The van der Waals surface area contributed by atoms with E-state index in [1.54, 1.807) is 6.20 Å². The Morgan fingerprint density at radius 2 is 2.16 bits per heavy atom.